The first kappa shape index (κ1) is 16.6. The Balaban J connectivity index is 1.51. The zero-order valence-electron chi connectivity index (χ0n) is 14.1. The van der Waals surface area contributed by atoms with Crippen LogP contribution in [-0.4, -0.2) is 37.1 Å². The van der Waals surface area contributed by atoms with E-state index in [1.54, 1.807) is 24.8 Å². The minimum absolute atomic E-state index is 0.208. The minimum Gasteiger partial charge on any atom is -0.472 e. The molecule has 1 aromatic carbocycles. The Labute approximate surface area is 154 Å². The maximum atomic E-state index is 12.6. The standard InChI is InChI=1S/C18H19N5O2S/c19-14-2-1-12(13-3-8-25-11-13)9-15(14)22-17(24)16-10-21-18(26-16)23-6-4-20-5-7-23/h1-3,8-11,20H,4-7,19H2,(H,22,24). The highest BCUT2D eigenvalue weighted by Gasteiger charge is 2.17. The molecule has 0 spiro atoms. The van der Waals surface area contributed by atoms with E-state index in [4.69, 9.17) is 10.2 Å². The van der Waals surface area contributed by atoms with Gasteiger partial charge in [-0.15, -0.1) is 0 Å². The van der Waals surface area contributed by atoms with E-state index in [9.17, 15) is 4.79 Å². The Morgan fingerprint density at radius 3 is 2.88 bits per heavy atom. The molecule has 3 heterocycles. The van der Waals surface area contributed by atoms with Gasteiger partial charge in [-0.05, 0) is 23.8 Å². The van der Waals surface area contributed by atoms with E-state index < -0.39 is 0 Å². The summed E-state index contributed by atoms with van der Waals surface area (Å²) in [5.41, 5.74) is 8.97. The summed E-state index contributed by atoms with van der Waals surface area (Å²) in [7, 11) is 0. The quantitative estimate of drug-likeness (QED) is 0.612. The van der Waals surface area contributed by atoms with Gasteiger partial charge in [0.1, 0.15) is 4.88 Å². The van der Waals surface area contributed by atoms with E-state index in [2.05, 4.69) is 20.5 Å². The Morgan fingerprint density at radius 1 is 1.27 bits per heavy atom. The van der Waals surface area contributed by atoms with Crippen LogP contribution in [0, 0.1) is 0 Å². The van der Waals surface area contributed by atoms with Crippen LogP contribution >= 0.6 is 11.3 Å². The molecular formula is C18H19N5O2S. The number of aromatic nitrogens is 1. The van der Waals surface area contributed by atoms with Gasteiger partial charge in [-0.25, -0.2) is 4.98 Å². The van der Waals surface area contributed by atoms with Crippen LogP contribution in [0.1, 0.15) is 9.67 Å². The van der Waals surface area contributed by atoms with Crippen molar-refractivity contribution in [2.45, 2.75) is 0 Å². The van der Waals surface area contributed by atoms with Crippen molar-refractivity contribution < 1.29 is 9.21 Å². The van der Waals surface area contributed by atoms with Crippen LogP contribution in [-0.2, 0) is 0 Å². The summed E-state index contributed by atoms with van der Waals surface area (Å²) in [6, 6.07) is 7.37. The van der Waals surface area contributed by atoms with E-state index in [1.807, 2.05) is 18.2 Å². The number of carbonyl (C=O) groups is 1. The number of piperazine rings is 1. The lowest BCUT2D eigenvalue weighted by molar-refractivity contribution is 0.103. The number of nitrogens with zero attached hydrogens (tertiary/aromatic N) is 2. The predicted octanol–water partition coefficient (Wildman–Crippen LogP) is 2.65. The highest BCUT2D eigenvalue weighted by molar-refractivity contribution is 7.17. The molecule has 0 unspecified atom stereocenters. The Morgan fingerprint density at radius 2 is 2.12 bits per heavy atom. The smallest absolute Gasteiger partial charge is 0.267 e. The molecule has 3 aromatic rings. The predicted molar refractivity (Wildman–Crippen MR) is 104 cm³/mol. The summed E-state index contributed by atoms with van der Waals surface area (Å²) in [5.74, 6) is -0.208. The number of thiazole rings is 1. The third-order valence-electron chi connectivity index (χ3n) is 4.26. The highest BCUT2D eigenvalue weighted by Crippen LogP contribution is 2.29. The second-order valence-corrected chi connectivity index (χ2v) is 7.02. The van der Waals surface area contributed by atoms with E-state index in [-0.39, 0.29) is 5.91 Å². The first-order chi connectivity index (χ1) is 12.7. The first-order valence-electron chi connectivity index (χ1n) is 8.35. The fourth-order valence-electron chi connectivity index (χ4n) is 2.83. The number of carbonyl (C=O) groups excluding carboxylic acids is 1. The molecule has 1 amide bonds. The van der Waals surface area contributed by atoms with Gasteiger partial charge in [-0.1, -0.05) is 17.4 Å². The number of benzene rings is 1. The molecule has 0 saturated carbocycles. The maximum absolute atomic E-state index is 12.6. The molecule has 0 radical (unpaired) electrons. The molecule has 0 atom stereocenters. The van der Waals surface area contributed by atoms with E-state index in [0.29, 0.717) is 16.3 Å². The van der Waals surface area contributed by atoms with E-state index in [1.165, 1.54) is 11.3 Å². The van der Waals surface area contributed by atoms with Crippen LogP contribution in [0.15, 0.2) is 47.4 Å². The molecule has 7 nitrogen and oxygen atoms in total. The number of furan rings is 1. The van der Waals surface area contributed by atoms with Crippen molar-refractivity contribution in [2.75, 3.05) is 42.1 Å². The Hall–Kier alpha value is -2.84. The topological polar surface area (TPSA) is 96.4 Å². The summed E-state index contributed by atoms with van der Waals surface area (Å²) in [6.07, 6.45) is 4.88. The number of amides is 1. The molecule has 8 heteroatoms. The van der Waals surface area contributed by atoms with Crippen molar-refractivity contribution in [1.82, 2.24) is 10.3 Å². The normalized spacial score (nSPS) is 14.4. The van der Waals surface area contributed by atoms with Gasteiger partial charge in [0.05, 0.1) is 30.1 Å². The van der Waals surface area contributed by atoms with Crippen LogP contribution in [0.2, 0.25) is 0 Å². The molecule has 134 valence electrons. The van der Waals surface area contributed by atoms with Crippen molar-refractivity contribution in [2.24, 2.45) is 0 Å². The number of anilines is 3. The summed E-state index contributed by atoms with van der Waals surface area (Å²) < 4.78 is 5.12. The summed E-state index contributed by atoms with van der Waals surface area (Å²) in [4.78, 5) is 19.8. The lowest BCUT2D eigenvalue weighted by atomic mass is 10.1. The van der Waals surface area contributed by atoms with Crippen LogP contribution in [0.25, 0.3) is 11.1 Å². The largest absolute Gasteiger partial charge is 0.472 e. The number of hydrogen-bond donors (Lipinski definition) is 3. The molecule has 1 aliphatic rings. The number of nitrogens with one attached hydrogen (secondary N) is 2. The second kappa shape index (κ2) is 7.19. The van der Waals surface area contributed by atoms with Gasteiger partial charge in [-0.2, -0.15) is 0 Å². The van der Waals surface area contributed by atoms with E-state index >= 15 is 0 Å². The van der Waals surface area contributed by atoms with Crippen molar-refractivity contribution in [1.29, 1.82) is 0 Å². The third kappa shape index (κ3) is 3.42. The molecular weight excluding hydrogens is 350 g/mol. The molecule has 1 saturated heterocycles. The summed E-state index contributed by atoms with van der Waals surface area (Å²) in [6.45, 7) is 3.65. The lowest BCUT2D eigenvalue weighted by Crippen LogP contribution is -2.43. The summed E-state index contributed by atoms with van der Waals surface area (Å²) in [5, 5.41) is 7.07. The van der Waals surface area contributed by atoms with Crippen LogP contribution in [0.4, 0.5) is 16.5 Å². The van der Waals surface area contributed by atoms with Gasteiger partial charge < -0.3 is 25.7 Å². The van der Waals surface area contributed by atoms with Crippen LogP contribution in [0.3, 0.4) is 0 Å². The average Bonchev–Trinajstić information content (AvgIpc) is 3.36. The van der Waals surface area contributed by atoms with Gasteiger partial charge in [-0.3, -0.25) is 4.79 Å². The highest BCUT2D eigenvalue weighted by atomic mass is 32.1. The van der Waals surface area contributed by atoms with Crippen LogP contribution in [0.5, 0.6) is 0 Å². The number of nitrogen functional groups attached to an aromatic ring is 1. The third-order valence-corrected chi connectivity index (χ3v) is 5.32. The number of hydrogen-bond acceptors (Lipinski definition) is 7. The molecule has 2 aromatic heterocycles. The maximum Gasteiger partial charge on any atom is 0.267 e. The molecule has 0 aliphatic carbocycles. The zero-order valence-corrected chi connectivity index (χ0v) is 14.9. The van der Waals surface area contributed by atoms with Gasteiger partial charge in [0, 0.05) is 31.7 Å². The van der Waals surface area contributed by atoms with Crippen molar-refractivity contribution in [3.05, 3.63) is 47.9 Å². The molecule has 1 fully saturated rings. The molecule has 0 bridgehead atoms. The summed E-state index contributed by atoms with van der Waals surface area (Å²) >= 11 is 1.39. The average molecular weight is 369 g/mol. The molecule has 26 heavy (non-hydrogen) atoms. The number of nitrogens with two attached hydrogens (primary N) is 1. The van der Waals surface area contributed by atoms with Gasteiger partial charge in [0.25, 0.3) is 5.91 Å². The zero-order chi connectivity index (χ0) is 17.9. The van der Waals surface area contributed by atoms with Gasteiger partial charge >= 0.3 is 0 Å². The Kier molecular flexibility index (Phi) is 4.59. The van der Waals surface area contributed by atoms with Crippen molar-refractivity contribution >= 4 is 33.8 Å². The SMILES string of the molecule is Nc1ccc(-c2ccoc2)cc1NC(=O)c1cnc(N2CCNCC2)s1. The Bertz CT molecular complexity index is 900. The van der Waals surface area contributed by atoms with Crippen molar-refractivity contribution in [3.8, 4) is 11.1 Å². The minimum atomic E-state index is -0.208. The van der Waals surface area contributed by atoms with E-state index in [0.717, 1.165) is 42.4 Å². The van der Waals surface area contributed by atoms with Crippen LogP contribution < -0.4 is 21.3 Å². The lowest BCUT2D eigenvalue weighted by Gasteiger charge is -2.26. The monoisotopic (exact) mass is 369 g/mol. The molecule has 4 N–H and O–H groups in total. The fourth-order valence-corrected chi connectivity index (χ4v) is 3.69. The van der Waals surface area contributed by atoms with Gasteiger partial charge in [0.15, 0.2) is 5.13 Å². The number of rotatable bonds is 4. The first-order valence-corrected chi connectivity index (χ1v) is 9.17. The molecule has 4 rings (SSSR count). The fraction of sp³-hybridized carbons (Fsp3) is 0.222. The van der Waals surface area contributed by atoms with Gasteiger partial charge in [0.2, 0.25) is 0 Å². The van der Waals surface area contributed by atoms with Crippen molar-refractivity contribution in [3.63, 3.8) is 0 Å². The second-order valence-electron chi connectivity index (χ2n) is 6.01. The molecule has 1 aliphatic heterocycles.